The highest BCUT2D eigenvalue weighted by atomic mass is 32.2. The third kappa shape index (κ3) is 7.58. The first-order valence-corrected chi connectivity index (χ1v) is 11.2. The Labute approximate surface area is 179 Å². The van der Waals surface area contributed by atoms with Crippen molar-refractivity contribution >= 4 is 23.6 Å². The second-order valence-corrected chi connectivity index (χ2v) is 8.81. The van der Waals surface area contributed by atoms with Gasteiger partial charge in [-0.25, -0.2) is 0 Å². The average Bonchev–Trinajstić information content (AvgIpc) is 2.68. The highest BCUT2D eigenvalue weighted by Gasteiger charge is 2.26. The van der Waals surface area contributed by atoms with Gasteiger partial charge in [-0.1, -0.05) is 59.7 Å². The van der Waals surface area contributed by atoms with Gasteiger partial charge in [0.15, 0.2) is 0 Å². The molecule has 0 spiro atoms. The van der Waals surface area contributed by atoms with Crippen molar-refractivity contribution in [3.63, 3.8) is 0 Å². The Kier molecular flexibility index (Phi) is 8.77. The zero-order valence-electron chi connectivity index (χ0n) is 18.1. The summed E-state index contributed by atoms with van der Waals surface area (Å²) < 4.78 is 0. The molecule has 156 valence electrons. The largest absolute Gasteiger partial charge is 0.352 e. The summed E-state index contributed by atoms with van der Waals surface area (Å²) in [6, 6.07) is 16.0. The second kappa shape index (κ2) is 11.1. The van der Waals surface area contributed by atoms with Crippen LogP contribution < -0.4 is 5.32 Å². The lowest BCUT2D eigenvalue weighted by Gasteiger charge is -2.29. The molecule has 4 nitrogen and oxygen atoms in total. The first-order valence-electron chi connectivity index (χ1n) is 10.0. The molecule has 0 aliphatic rings. The van der Waals surface area contributed by atoms with Crippen LogP contribution in [0.2, 0.25) is 0 Å². The third-order valence-electron chi connectivity index (χ3n) is 4.69. The SMILES string of the molecule is Cc1ccc(CSCC(=O)N(Cc2ccc(C)cc2)[C@@H](C)C(=O)NC(C)C)cc1. The van der Waals surface area contributed by atoms with Crippen molar-refractivity contribution in [2.45, 2.75) is 59.0 Å². The van der Waals surface area contributed by atoms with E-state index in [9.17, 15) is 9.59 Å². The Morgan fingerprint density at radius 2 is 1.41 bits per heavy atom. The fourth-order valence-electron chi connectivity index (χ4n) is 2.90. The molecule has 0 fully saturated rings. The number of amides is 2. The number of rotatable bonds is 9. The van der Waals surface area contributed by atoms with Crippen LogP contribution in [0.4, 0.5) is 0 Å². The molecule has 2 aromatic carbocycles. The Hall–Kier alpha value is -2.27. The summed E-state index contributed by atoms with van der Waals surface area (Å²) in [5, 5.41) is 2.92. The van der Waals surface area contributed by atoms with Gasteiger partial charge in [-0.15, -0.1) is 11.8 Å². The summed E-state index contributed by atoms with van der Waals surface area (Å²) in [6.07, 6.45) is 0. The summed E-state index contributed by atoms with van der Waals surface area (Å²) in [5.41, 5.74) is 4.62. The van der Waals surface area contributed by atoms with Crippen LogP contribution in [0.5, 0.6) is 0 Å². The second-order valence-electron chi connectivity index (χ2n) is 7.82. The van der Waals surface area contributed by atoms with E-state index in [-0.39, 0.29) is 17.9 Å². The van der Waals surface area contributed by atoms with Crippen molar-refractivity contribution in [2.24, 2.45) is 0 Å². The summed E-state index contributed by atoms with van der Waals surface area (Å²) >= 11 is 1.58. The van der Waals surface area contributed by atoms with Gasteiger partial charge in [0.25, 0.3) is 0 Å². The molecule has 2 rings (SSSR count). The van der Waals surface area contributed by atoms with Crippen LogP contribution in [0.1, 0.15) is 43.0 Å². The van der Waals surface area contributed by atoms with Gasteiger partial charge in [0.05, 0.1) is 5.75 Å². The monoisotopic (exact) mass is 412 g/mol. The van der Waals surface area contributed by atoms with E-state index in [0.29, 0.717) is 12.3 Å². The van der Waals surface area contributed by atoms with Gasteiger partial charge in [-0.3, -0.25) is 9.59 Å². The van der Waals surface area contributed by atoms with E-state index in [0.717, 1.165) is 11.3 Å². The maximum absolute atomic E-state index is 13.0. The van der Waals surface area contributed by atoms with Crippen molar-refractivity contribution in [3.05, 3.63) is 70.8 Å². The first-order chi connectivity index (χ1) is 13.8. The molecule has 5 heteroatoms. The van der Waals surface area contributed by atoms with E-state index in [1.165, 1.54) is 16.7 Å². The number of hydrogen-bond donors (Lipinski definition) is 1. The minimum atomic E-state index is -0.522. The number of thioether (sulfide) groups is 1. The molecule has 0 bridgehead atoms. The molecule has 0 radical (unpaired) electrons. The van der Waals surface area contributed by atoms with E-state index in [1.54, 1.807) is 23.6 Å². The van der Waals surface area contributed by atoms with Gasteiger partial charge < -0.3 is 10.2 Å². The molecule has 0 saturated heterocycles. The van der Waals surface area contributed by atoms with Crippen molar-refractivity contribution in [2.75, 3.05) is 5.75 Å². The number of hydrogen-bond acceptors (Lipinski definition) is 3. The van der Waals surface area contributed by atoms with Gasteiger partial charge in [0, 0.05) is 18.3 Å². The van der Waals surface area contributed by atoms with E-state index in [2.05, 4.69) is 36.5 Å². The third-order valence-corrected chi connectivity index (χ3v) is 5.68. The number of nitrogens with one attached hydrogen (secondary N) is 1. The first kappa shape index (κ1) is 23.0. The fraction of sp³-hybridized carbons (Fsp3) is 0.417. The van der Waals surface area contributed by atoms with Crippen LogP contribution in [0.25, 0.3) is 0 Å². The number of aryl methyl sites for hydroxylation is 2. The molecule has 0 aliphatic carbocycles. The zero-order chi connectivity index (χ0) is 21.4. The lowest BCUT2D eigenvalue weighted by Crippen LogP contribution is -2.49. The Balaban J connectivity index is 2.05. The van der Waals surface area contributed by atoms with Crippen LogP contribution in [0.15, 0.2) is 48.5 Å². The molecular formula is C24H32N2O2S. The number of nitrogens with zero attached hydrogens (tertiary/aromatic N) is 1. The lowest BCUT2D eigenvalue weighted by molar-refractivity contribution is -0.138. The van der Waals surface area contributed by atoms with E-state index in [1.807, 2.05) is 45.0 Å². The molecule has 0 aromatic heterocycles. The molecule has 0 unspecified atom stereocenters. The lowest BCUT2D eigenvalue weighted by atomic mass is 10.1. The Morgan fingerprint density at radius 1 is 0.897 bits per heavy atom. The minimum Gasteiger partial charge on any atom is -0.352 e. The van der Waals surface area contributed by atoms with Gasteiger partial charge in [-0.2, -0.15) is 0 Å². The van der Waals surface area contributed by atoms with Crippen molar-refractivity contribution in [1.82, 2.24) is 10.2 Å². The number of carbonyl (C=O) groups is 2. The van der Waals surface area contributed by atoms with Crippen LogP contribution in [-0.2, 0) is 21.9 Å². The maximum atomic E-state index is 13.0. The van der Waals surface area contributed by atoms with Crippen LogP contribution in [0, 0.1) is 13.8 Å². The molecule has 0 heterocycles. The maximum Gasteiger partial charge on any atom is 0.242 e. The summed E-state index contributed by atoms with van der Waals surface area (Å²) in [5.74, 6) is 0.980. The van der Waals surface area contributed by atoms with Gasteiger partial charge >= 0.3 is 0 Å². The molecule has 1 N–H and O–H groups in total. The average molecular weight is 413 g/mol. The highest BCUT2D eigenvalue weighted by molar-refractivity contribution is 7.99. The number of benzene rings is 2. The molecule has 0 saturated carbocycles. The van der Waals surface area contributed by atoms with Crippen molar-refractivity contribution < 1.29 is 9.59 Å². The van der Waals surface area contributed by atoms with Gasteiger partial charge in [0.2, 0.25) is 11.8 Å². The van der Waals surface area contributed by atoms with E-state index < -0.39 is 6.04 Å². The quantitative estimate of drug-likeness (QED) is 0.661. The molecule has 2 amide bonds. The van der Waals surface area contributed by atoms with Gasteiger partial charge in [0.1, 0.15) is 6.04 Å². The molecule has 29 heavy (non-hydrogen) atoms. The van der Waals surface area contributed by atoms with Gasteiger partial charge in [-0.05, 0) is 45.7 Å². The predicted octanol–water partition coefficient (Wildman–Crippen LogP) is 4.48. The molecule has 1 atom stereocenters. The standard InChI is InChI=1S/C24H32N2O2S/c1-17(2)25-24(28)20(5)26(14-21-10-6-18(3)7-11-21)23(27)16-29-15-22-12-8-19(4)9-13-22/h6-13,17,20H,14-16H2,1-5H3,(H,25,28)/t20-/m0/s1. The summed E-state index contributed by atoms with van der Waals surface area (Å²) in [6.45, 7) is 10.2. The minimum absolute atomic E-state index is 0.0194. The Morgan fingerprint density at radius 3 is 1.93 bits per heavy atom. The van der Waals surface area contributed by atoms with Crippen molar-refractivity contribution in [3.8, 4) is 0 Å². The van der Waals surface area contributed by atoms with E-state index >= 15 is 0 Å². The normalized spacial score (nSPS) is 11.9. The summed E-state index contributed by atoms with van der Waals surface area (Å²) in [7, 11) is 0. The van der Waals surface area contributed by atoms with Crippen molar-refractivity contribution in [1.29, 1.82) is 0 Å². The topological polar surface area (TPSA) is 49.4 Å². The zero-order valence-corrected chi connectivity index (χ0v) is 18.9. The van der Waals surface area contributed by atoms with E-state index in [4.69, 9.17) is 0 Å². The molecular weight excluding hydrogens is 380 g/mol. The van der Waals surface area contributed by atoms with Crippen LogP contribution in [-0.4, -0.2) is 34.6 Å². The molecule has 2 aromatic rings. The highest BCUT2D eigenvalue weighted by Crippen LogP contribution is 2.17. The predicted molar refractivity (Wildman–Crippen MR) is 122 cm³/mol. The number of carbonyl (C=O) groups excluding carboxylic acids is 2. The Bertz CT molecular complexity index is 801. The summed E-state index contributed by atoms with van der Waals surface area (Å²) in [4.78, 5) is 27.3. The smallest absolute Gasteiger partial charge is 0.242 e. The fourth-order valence-corrected chi connectivity index (χ4v) is 3.77. The van der Waals surface area contributed by atoms with Crippen LogP contribution >= 0.6 is 11.8 Å². The van der Waals surface area contributed by atoms with Crippen LogP contribution in [0.3, 0.4) is 0 Å². The molecule has 0 aliphatic heterocycles.